The third kappa shape index (κ3) is 3.47. The highest BCUT2D eigenvalue weighted by Gasteiger charge is 2.52. The van der Waals surface area contributed by atoms with Crippen molar-refractivity contribution in [3.8, 4) is 11.1 Å². The fourth-order valence-electron chi connectivity index (χ4n) is 4.13. The molecule has 5 nitrogen and oxygen atoms in total. The number of aliphatic hydroxyl groups is 1. The number of benzene rings is 2. The van der Waals surface area contributed by atoms with Gasteiger partial charge in [0.1, 0.15) is 5.82 Å². The summed E-state index contributed by atoms with van der Waals surface area (Å²) in [6.07, 6.45) is 5.76. The lowest BCUT2D eigenvalue weighted by Crippen LogP contribution is -2.21. The second kappa shape index (κ2) is 7.65. The van der Waals surface area contributed by atoms with Crippen LogP contribution >= 0.6 is 11.9 Å². The number of aliphatic hydroxyl groups excluding tert-OH is 1. The van der Waals surface area contributed by atoms with Crippen molar-refractivity contribution < 1.29 is 9.50 Å². The van der Waals surface area contributed by atoms with Gasteiger partial charge >= 0.3 is 0 Å². The molecule has 2 heterocycles. The van der Waals surface area contributed by atoms with Crippen LogP contribution in [-0.4, -0.2) is 46.1 Å². The van der Waals surface area contributed by atoms with E-state index in [9.17, 15) is 4.39 Å². The Hall–Kier alpha value is -2.48. The molecule has 154 valence electrons. The summed E-state index contributed by atoms with van der Waals surface area (Å²) in [5.74, 6) is 0.372. The minimum atomic E-state index is -0.272. The zero-order valence-electron chi connectivity index (χ0n) is 16.8. The summed E-state index contributed by atoms with van der Waals surface area (Å²) in [6, 6.07) is 13.3. The minimum Gasteiger partial charge on any atom is -0.395 e. The van der Waals surface area contributed by atoms with Crippen LogP contribution in [0.25, 0.3) is 11.1 Å². The Labute approximate surface area is 179 Å². The van der Waals surface area contributed by atoms with E-state index >= 15 is 0 Å². The molecule has 1 N–H and O–H groups in total. The van der Waals surface area contributed by atoms with E-state index in [-0.39, 0.29) is 17.8 Å². The fourth-order valence-corrected chi connectivity index (χ4v) is 4.96. The predicted molar refractivity (Wildman–Crippen MR) is 117 cm³/mol. The van der Waals surface area contributed by atoms with Gasteiger partial charge in [-0.25, -0.2) is 18.7 Å². The molecule has 0 bridgehead atoms. The maximum Gasteiger partial charge on any atom is 0.229 e. The quantitative estimate of drug-likeness (QED) is 0.595. The number of rotatable bonds is 6. The molecule has 2 aromatic carbocycles. The van der Waals surface area contributed by atoms with Crippen LogP contribution in [0, 0.1) is 5.82 Å². The molecule has 1 fully saturated rings. The van der Waals surface area contributed by atoms with E-state index in [1.54, 1.807) is 36.5 Å². The lowest BCUT2D eigenvalue weighted by molar-refractivity contribution is 0.273. The third-order valence-corrected chi connectivity index (χ3v) is 6.85. The van der Waals surface area contributed by atoms with E-state index in [0.717, 1.165) is 17.1 Å². The summed E-state index contributed by atoms with van der Waals surface area (Å²) < 4.78 is 16.1. The third-order valence-electron chi connectivity index (χ3n) is 5.89. The molecule has 5 rings (SSSR count). The predicted octanol–water partition coefficient (Wildman–Crippen LogP) is 4.40. The summed E-state index contributed by atoms with van der Waals surface area (Å²) in [4.78, 5) is 12.5. The standard InChI is InChI=1S/C23H23FN4OS/c1-27(10-11-29)30-17-6-7-19-21(12-17)28(15-23(19)8-9-23)22-25-13-16(14-26-22)18-4-2-3-5-20(18)24/h2-7,12-14,29H,8-11,15H2,1H3. The van der Waals surface area contributed by atoms with Crippen molar-refractivity contribution in [1.82, 2.24) is 14.3 Å². The highest BCUT2D eigenvalue weighted by molar-refractivity contribution is 7.97. The van der Waals surface area contributed by atoms with Crippen molar-refractivity contribution in [2.24, 2.45) is 0 Å². The van der Waals surface area contributed by atoms with Crippen LogP contribution in [0.4, 0.5) is 16.0 Å². The second-order valence-corrected chi connectivity index (χ2v) is 9.24. The molecule has 3 aromatic rings. The van der Waals surface area contributed by atoms with E-state index in [0.29, 0.717) is 23.6 Å². The SMILES string of the molecule is CN(CCO)Sc1ccc2c(c1)N(c1ncc(-c3ccccc3F)cn1)CC21CC1. The van der Waals surface area contributed by atoms with Crippen LogP contribution < -0.4 is 4.90 Å². The molecule has 1 aliphatic carbocycles. The monoisotopic (exact) mass is 422 g/mol. The first kappa shape index (κ1) is 19.5. The highest BCUT2D eigenvalue weighted by Crippen LogP contribution is 2.58. The maximum atomic E-state index is 14.1. The van der Waals surface area contributed by atoms with E-state index in [4.69, 9.17) is 5.11 Å². The largest absolute Gasteiger partial charge is 0.395 e. The van der Waals surface area contributed by atoms with Gasteiger partial charge in [-0.15, -0.1) is 0 Å². The molecule has 0 atom stereocenters. The second-order valence-electron chi connectivity index (χ2n) is 7.96. The van der Waals surface area contributed by atoms with E-state index < -0.39 is 0 Å². The molecule has 0 amide bonds. The van der Waals surface area contributed by atoms with Gasteiger partial charge in [0, 0.05) is 52.6 Å². The van der Waals surface area contributed by atoms with E-state index in [2.05, 4.69) is 33.1 Å². The Bertz CT molecular complexity index is 1070. The molecule has 0 unspecified atom stereocenters. The van der Waals surface area contributed by atoms with Gasteiger partial charge in [-0.1, -0.05) is 24.3 Å². The molecule has 1 aliphatic heterocycles. The first-order valence-corrected chi connectivity index (χ1v) is 10.9. The number of anilines is 2. The van der Waals surface area contributed by atoms with Gasteiger partial charge in [-0.05, 0) is 55.6 Å². The Balaban J connectivity index is 1.45. The number of nitrogens with zero attached hydrogens (tertiary/aromatic N) is 4. The molecule has 1 spiro atoms. The first-order valence-electron chi connectivity index (χ1n) is 10.1. The molecular formula is C23H23FN4OS. The number of likely N-dealkylation sites (N-methyl/N-ethyl adjacent to an activating group) is 1. The van der Waals surface area contributed by atoms with Gasteiger partial charge < -0.3 is 10.0 Å². The molecular weight excluding hydrogens is 399 g/mol. The van der Waals surface area contributed by atoms with Crippen molar-refractivity contribution in [2.45, 2.75) is 23.2 Å². The van der Waals surface area contributed by atoms with Crippen LogP contribution in [0.3, 0.4) is 0 Å². The van der Waals surface area contributed by atoms with Gasteiger partial charge in [0.05, 0.1) is 6.61 Å². The molecule has 0 saturated heterocycles. The Morgan fingerprint density at radius 1 is 1.17 bits per heavy atom. The van der Waals surface area contributed by atoms with Gasteiger partial charge in [0.25, 0.3) is 0 Å². The van der Waals surface area contributed by atoms with E-state index in [1.807, 2.05) is 17.4 Å². The van der Waals surface area contributed by atoms with Gasteiger partial charge in [0.2, 0.25) is 5.95 Å². The van der Waals surface area contributed by atoms with Gasteiger partial charge in [0.15, 0.2) is 0 Å². The molecule has 1 aromatic heterocycles. The molecule has 0 radical (unpaired) electrons. The van der Waals surface area contributed by atoms with Crippen molar-refractivity contribution in [3.63, 3.8) is 0 Å². The average molecular weight is 423 g/mol. The van der Waals surface area contributed by atoms with Crippen molar-refractivity contribution in [1.29, 1.82) is 0 Å². The first-order chi connectivity index (χ1) is 14.6. The van der Waals surface area contributed by atoms with Crippen LogP contribution in [0.5, 0.6) is 0 Å². The zero-order valence-corrected chi connectivity index (χ0v) is 17.6. The molecule has 7 heteroatoms. The van der Waals surface area contributed by atoms with Gasteiger partial charge in [-0.2, -0.15) is 0 Å². The normalized spacial score (nSPS) is 16.3. The van der Waals surface area contributed by atoms with Crippen LogP contribution in [0.1, 0.15) is 18.4 Å². The number of hydrogen-bond acceptors (Lipinski definition) is 6. The van der Waals surface area contributed by atoms with Crippen molar-refractivity contribution >= 4 is 23.6 Å². The van der Waals surface area contributed by atoms with Crippen molar-refractivity contribution in [3.05, 3.63) is 66.2 Å². The van der Waals surface area contributed by atoms with Crippen LogP contribution in [0.15, 0.2) is 59.8 Å². The topological polar surface area (TPSA) is 52.5 Å². The van der Waals surface area contributed by atoms with Crippen LogP contribution in [0.2, 0.25) is 0 Å². The van der Waals surface area contributed by atoms with E-state index in [1.165, 1.54) is 24.5 Å². The maximum absolute atomic E-state index is 14.1. The van der Waals surface area contributed by atoms with Gasteiger partial charge in [-0.3, -0.25) is 0 Å². The summed E-state index contributed by atoms with van der Waals surface area (Å²) in [5.41, 5.74) is 3.90. The minimum absolute atomic E-state index is 0.131. The number of fused-ring (bicyclic) bond motifs is 2. The molecule has 30 heavy (non-hydrogen) atoms. The summed E-state index contributed by atoms with van der Waals surface area (Å²) >= 11 is 1.62. The zero-order chi connectivity index (χ0) is 20.7. The smallest absolute Gasteiger partial charge is 0.229 e. The average Bonchev–Trinajstić information content (AvgIpc) is 3.46. The fraction of sp³-hybridized carbons (Fsp3) is 0.304. The Morgan fingerprint density at radius 3 is 2.63 bits per heavy atom. The Morgan fingerprint density at radius 2 is 1.93 bits per heavy atom. The van der Waals surface area contributed by atoms with Crippen molar-refractivity contribution in [2.75, 3.05) is 31.6 Å². The highest BCUT2D eigenvalue weighted by atomic mass is 32.2. The lowest BCUT2D eigenvalue weighted by atomic mass is 9.99. The molecule has 2 aliphatic rings. The summed E-state index contributed by atoms with van der Waals surface area (Å²) in [6.45, 7) is 1.61. The number of halogens is 1. The Kier molecular flexibility index (Phi) is 4.97. The lowest BCUT2D eigenvalue weighted by Gasteiger charge is -2.19. The van der Waals surface area contributed by atoms with Crippen LogP contribution in [-0.2, 0) is 5.41 Å². The summed E-state index contributed by atoms with van der Waals surface area (Å²) in [7, 11) is 1.97. The number of aromatic nitrogens is 2. The molecule has 1 saturated carbocycles. The number of hydrogen-bond donors (Lipinski definition) is 1. The summed E-state index contributed by atoms with van der Waals surface area (Å²) in [5, 5.41) is 9.16.